The predicted octanol–water partition coefficient (Wildman–Crippen LogP) is 3.54. The molecule has 4 rings (SSSR count). The number of carbonyl (C=O) groups is 4. The molecule has 1 aromatic heterocycles. The van der Waals surface area contributed by atoms with Gasteiger partial charge in [0.1, 0.15) is 23.2 Å². The van der Waals surface area contributed by atoms with Gasteiger partial charge in [0, 0.05) is 44.3 Å². The summed E-state index contributed by atoms with van der Waals surface area (Å²) in [5.74, 6) is -2.74. The number of nitrogens with zero attached hydrogens (tertiary/aromatic N) is 1. The largest absolute Gasteiger partial charge is 0.507 e. The van der Waals surface area contributed by atoms with Crippen molar-refractivity contribution >= 4 is 40.5 Å². The number of amides is 3. The molecule has 2 aromatic carbocycles. The third-order valence-electron chi connectivity index (χ3n) is 8.99. The number of aliphatic hydroxyl groups is 1. The van der Waals surface area contributed by atoms with Gasteiger partial charge in [0.25, 0.3) is 11.8 Å². The van der Waals surface area contributed by atoms with Crippen molar-refractivity contribution in [3.8, 4) is 17.2 Å². The Kier molecular flexibility index (Phi) is 12.9. The molecule has 17 heteroatoms. The molecule has 55 heavy (non-hydrogen) atoms. The van der Waals surface area contributed by atoms with Gasteiger partial charge >= 0.3 is 17.7 Å². The first-order valence-corrected chi connectivity index (χ1v) is 17.2. The fourth-order valence-electron chi connectivity index (χ4n) is 6.28. The van der Waals surface area contributed by atoms with Crippen molar-refractivity contribution in [1.82, 2.24) is 4.90 Å². The van der Waals surface area contributed by atoms with Crippen molar-refractivity contribution in [3.05, 3.63) is 68.6 Å². The van der Waals surface area contributed by atoms with Gasteiger partial charge < -0.3 is 59.4 Å². The molecule has 1 aliphatic heterocycles. The summed E-state index contributed by atoms with van der Waals surface area (Å²) in [4.78, 5) is 64.0. The summed E-state index contributed by atoms with van der Waals surface area (Å²) < 4.78 is 33.0. The van der Waals surface area contributed by atoms with E-state index in [9.17, 15) is 39.3 Å². The Hall–Kier alpha value is -5.65. The number of rotatable bonds is 12. The van der Waals surface area contributed by atoms with Crippen LogP contribution in [-0.2, 0) is 41.5 Å². The van der Waals surface area contributed by atoms with Crippen molar-refractivity contribution in [1.29, 1.82) is 0 Å². The molecule has 2 heterocycles. The van der Waals surface area contributed by atoms with E-state index in [0.29, 0.717) is 5.56 Å². The van der Waals surface area contributed by atoms with E-state index in [0.717, 1.165) is 5.57 Å². The topological polar surface area (TPSA) is 247 Å². The lowest BCUT2D eigenvalue weighted by Gasteiger charge is -2.47. The Labute approximate surface area is 316 Å². The minimum Gasteiger partial charge on any atom is -0.507 e. The van der Waals surface area contributed by atoms with E-state index in [4.69, 9.17) is 33.8 Å². The number of allylic oxidation sites excluding steroid dienone is 2. The van der Waals surface area contributed by atoms with E-state index < -0.39 is 77.2 Å². The van der Waals surface area contributed by atoms with Gasteiger partial charge in [0.05, 0.1) is 11.0 Å². The Balaban J connectivity index is 1.66. The smallest absolute Gasteiger partial charge is 0.404 e. The summed E-state index contributed by atoms with van der Waals surface area (Å²) in [5.41, 5.74) is 3.98. The molecule has 1 saturated heterocycles. The predicted molar refractivity (Wildman–Crippen MR) is 197 cm³/mol. The first kappa shape index (κ1) is 42.1. The van der Waals surface area contributed by atoms with E-state index in [1.54, 1.807) is 13.8 Å². The number of esters is 1. The van der Waals surface area contributed by atoms with Crippen LogP contribution in [0.3, 0.4) is 0 Å². The Morgan fingerprint density at radius 2 is 1.75 bits per heavy atom. The van der Waals surface area contributed by atoms with Crippen LogP contribution in [0, 0.1) is 6.92 Å². The number of fused-ring (bicyclic) bond motifs is 1. The quantitative estimate of drug-likeness (QED) is 0.101. The van der Waals surface area contributed by atoms with Gasteiger partial charge in [0.15, 0.2) is 29.7 Å². The maximum atomic E-state index is 13.7. The number of benzene rings is 2. The van der Waals surface area contributed by atoms with Gasteiger partial charge in [-0.05, 0) is 77.8 Å². The van der Waals surface area contributed by atoms with Gasteiger partial charge in [0.2, 0.25) is 6.29 Å². The van der Waals surface area contributed by atoms with Crippen LogP contribution in [0.15, 0.2) is 45.1 Å². The van der Waals surface area contributed by atoms with E-state index in [-0.39, 0.29) is 52.1 Å². The standard InChI is InChI=1S/C38H47N3O14/c1-17(2)10-11-21-14-22(15-23(27(21)43)16-41(8)34(47)19(4)51-20(5)42)33(46)40-26-28(44)24-12-13-25(18(3)30(24)53-35(26)48)52-36-29(45)31(54-37(39)49)32(50-9)38(6,7)55-36/h10,12-15,19,29,31-32,36,43-45H,11,16H2,1-9H3,(H2,39,49)(H,40,46)/t19-,29+,31-,32+,36+/m0/s1. The molecule has 0 saturated carbocycles. The minimum absolute atomic E-state index is 0.0130. The van der Waals surface area contributed by atoms with Gasteiger partial charge in [-0.1, -0.05) is 11.6 Å². The highest BCUT2D eigenvalue weighted by atomic mass is 16.7. The number of phenolic OH excluding ortho intramolecular Hbond substituents is 1. The van der Waals surface area contributed by atoms with Crippen molar-refractivity contribution in [2.45, 2.75) is 97.7 Å². The lowest BCUT2D eigenvalue weighted by Crippen LogP contribution is -2.65. The third-order valence-corrected chi connectivity index (χ3v) is 8.99. The normalized spacial score (nSPS) is 19.5. The number of aliphatic hydroxyl groups excluding tert-OH is 1. The second-order valence-corrected chi connectivity index (χ2v) is 14.0. The number of ether oxygens (including phenoxy) is 5. The summed E-state index contributed by atoms with van der Waals surface area (Å²) in [6, 6.07) is 5.53. The molecule has 298 valence electrons. The van der Waals surface area contributed by atoms with Crippen LogP contribution < -0.4 is 21.4 Å². The zero-order valence-corrected chi connectivity index (χ0v) is 32.0. The number of likely N-dealkylation sites (N-methyl/N-ethyl adjacent to an activating group) is 1. The molecule has 0 spiro atoms. The first-order valence-electron chi connectivity index (χ1n) is 17.2. The number of phenols is 1. The molecular formula is C38H47N3O14. The zero-order chi connectivity index (χ0) is 41.1. The van der Waals surface area contributed by atoms with Crippen LogP contribution in [0.5, 0.6) is 17.2 Å². The minimum atomic E-state index is -1.56. The van der Waals surface area contributed by atoms with Crippen molar-refractivity contribution in [3.63, 3.8) is 0 Å². The number of aromatic hydroxyl groups is 2. The molecule has 6 N–H and O–H groups in total. The van der Waals surface area contributed by atoms with E-state index in [1.165, 1.54) is 64.1 Å². The molecule has 0 unspecified atom stereocenters. The lowest BCUT2D eigenvalue weighted by atomic mass is 9.89. The Bertz CT molecular complexity index is 2070. The van der Waals surface area contributed by atoms with Crippen LogP contribution in [0.2, 0.25) is 0 Å². The number of hydrogen-bond donors (Lipinski definition) is 5. The third kappa shape index (κ3) is 9.36. The number of methoxy groups -OCH3 is 1. The highest BCUT2D eigenvalue weighted by molar-refractivity contribution is 6.07. The summed E-state index contributed by atoms with van der Waals surface area (Å²) in [6.07, 6.45) is -5.35. The van der Waals surface area contributed by atoms with E-state index >= 15 is 0 Å². The number of hydrogen-bond acceptors (Lipinski definition) is 14. The summed E-state index contributed by atoms with van der Waals surface area (Å²) >= 11 is 0. The fourth-order valence-corrected chi connectivity index (χ4v) is 6.28. The monoisotopic (exact) mass is 769 g/mol. The second kappa shape index (κ2) is 16.8. The summed E-state index contributed by atoms with van der Waals surface area (Å²) in [5, 5.41) is 35.9. The molecule has 1 fully saturated rings. The van der Waals surface area contributed by atoms with E-state index in [1.807, 2.05) is 19.9 Å². The second-order valence-electron chi connectivity index (χ2n) is 14.0. The molecular weight excluding hydrogens is 722 g/mol. The Morgan fingerprint density at radius 3 is 2.35 bits per heavy atom. The van der Waals surface area contributed by atoms with Crippen molar-refractivity contribution in [2.24, 2.45) is 5.73 Å². The van der Waals surface area contributed by atoms with Crippen LogP contribution in [0.25, 0.3) is 11.0 Å². The Morgan fingerprint density at radius 1 is 1.09 bits per heavy atom. The highest BCUT2D eigenvalue weighted by Crippen LogP contribution is 2.39. The molecule has 17 nitrogen and oxygen atoms in total. The number of anilines is 1. The van der Waals surface area contributed by atoms with Crippen LogP contribution in [0.4, 0.5) is 10.5 Å². The molecule has 0 radical (unpaired) electrons. The number of aryl methyl sites for hydroxylation is 1. The molecule has 0 aliphatic carbocycles. The number of carbonyl (C=O) groups excluding carboxylic acids is 4. The summed E-state index contributed by atoms with van der Waals surface area (Å²) in [7, 11) is 2.80. The molecule has 3 amide bonds. The SMILES string of the molecule is CO[C@@H]1[C@@H](OC(N)=O)[C@@H](O)[C@H](Oc2ccc3c(O)c(NC(=O)c4cc(CC=C(C)C)c(O)c(CN(C)C(=O)[C@H](C)OC(C)=O)c4)c(=O)oc3c2C)OC1(C)C. The maximum Gasteiger partial charge on any atom is 0.404 e. The molecule has 3 aromatic rings. The highest BCUT2D eigenvalue weighted by Gasteiger charge is 2.53. The fraction of sp³-hybridized carbons (Fsp3) is 0.447. The number of nitrogens with two attached hydrogens (primary N) is 1. The van der Waals surface area contributed by atoms with Gasteiger partial charge in [-0.25, -0.2) is 9.59 Å². The van der Waals surface area contributed by atoms with Crippen LogP contribution >= 0.6 is 0 Å². The van der Waals surface area contributed by atoms with Crippen LogP contribution in [-0.4, -0.2) is 94.6 Å². The first-order chi connectivity index (χ1) is 25.7. The maximum absolute atomic E-state index is 13.7. The molecule has 5 atom stereocenters. The van der Waals surface area contributed by atoms with Crippen molar-refractivity contribution < 1.29 is 62.6 Å². The van der Waals surface area contributed by atoms with E-state index in [2.05, 4.69) is 5.32 Å². The molecule has 0 bridgehead atoms. The lowest BCUT2D eigenvalue weighted by molar-refractivity contribution is -0.304. The average molecular weight is 770 g/mol. The van der Waals surface area contributed by atoms with Crippen LogP contribution in [0.1, 0.15) is 68.6 Å². The number of primary amides is 1. The zero-order valence-electron chi connectivity index (χ0n) is 32.0. The number of nitrogens with one attached hydrogen (secondary N) is 1. The average Bonchev–Trinajstić information content (AvgIpc) is 3.09. The van der Waals surface area contributed by atoms with Crippen molar-refractivity contribution in [2.75, 3.05) is 19.5 Å². The molecule has 1 aliphatic rings. The van der Waals surface area contributed by atoms with Gasteiger partial charge in [-0.3, -0.25) is 14.4 Å². The summed E-state index contributed by atoms with van der Waals surface area (Å²) in [6.45, 7) is 10.9. The van der Waals surface area contributed by atoms with Gasteiger partial charge in [-0.15, -0.1) is 0 Å². The van der Waals surface area contributed by atoms with Gasteiger partial charge in [-0.2, -0.15) is 0 Å².